The monoisotopic (exact) mass is 356 g/mol. The number of hydrogen-bond acceptors (Lipinski definition) is 8. The number of hydrogen-bond donors (Lipinski definition) is 3. The highest BCUT2D eigenvalue weighted by molar-refractivity contribution is 5.82. The summed E-state index contributed by atoms with van der Waals surface area (Å²) < 4.78 is 5.48. The second-order valence-electron chi connectivity index (χ2n) is 5.99. The van der Waals surface area contributed by atoms with E-state index in [9.17, 15) is 9.90 Å². The van der Waals surface area contributed by atoms with Crippen molar-refractivity contribution in [2.45, 2.75) is 25.8 Å². The quantitative estimate of drug-likeness (QED) is 0.543. The van der Waals surface area contributed by atoms with Crippen molar-refractivity contribution in [1.29, 1.82) is 5.41 Å². The third-order valence-electron chi connectivity index (χ3n) is 4.14. The van der Waals surface area contributed by atoms with Gasteiger partial charge in [0.05, 0.1) is 23.3 Å². The summed E-state index contributed by atoms with van der Waals surface area (Å²) in [6.45, 7) is 2.93. The summed E-state index contributed by atoms with van der Waals surface area (Å²) in [7, 11) is 0. The number of fused-ring (bicyclic) bond motifs is 1. The van der Waals surface area contributed by atoms with Crippen LogP contribution in [-0.2, 0) is 4.79 Å². The number of likely N-dealkylation sites (tertiary alicyclic amines) is 1. The molecule has 9 nitrogen and oxygen atoms in total. The molecule has 1 atom stereocenters. The molecule has 0 saturated carbocycles. The lowest BCUT2D eigenvalue weighted by molar-refractivity contribution is -0.130. The molecule has 1 amide bonds. The van der Waals surface area contributed by atoms with E-state index in [1.54, 1.807) is 24.1 Å². The molecule has 3 heterocycles. The molecule has 3 N–H and O–H groups in total. The van der Waals surface area contributed by atoms with Gasteiger partial charge < -0.3 is 25.5 Å². The largest absolute Gasteiger partial charge is 0.493 e. The Morgan fingerprint density at radius 1 is 1.50 bits per heavy atom. The number of ether oxygens (including phenoxy) is 1. The van der Waals surface area contributed by atoms with Crippen LogP contribution in [-0.4, -0.2) is 56.2 Å². The number of allylic oxidation sites excluding steroid dienone is 1. The summed E-state index contributed by atoms with van der Waals surface area (Å²) in [4.78, 5) is 25.3. The molecule has 0 aliphatic carbocycles. The number of nitrogens with one attached hydrogen (secondary N) is 2. The average Bonchev–Trinajstić information content (AvgIpc) is 2.65. The molecule has 0 bridgehead atoms. The molecule has 1 aliphatic heterocycles. The maximum atomic E-state index is 11.5. The number of piperidine rings is 1. The van der Waals surface area contributed by atoms with Gasteiger partial charge in [0.1, 0.15) is 0 Å². The summed E-state index contributed by atoms with van der Waals surface area (Å²) in [6, 6.07) is 1.61. The number of carbonyl (C=O) groups excluding carboxylic acids is 1. The zero-order valence-corrected chi connectivity index (χ0v) is 14.3. The van der Waals surface area contributed by atoms with Gasteiger partial charge in [0.2, 0.25) is 11.8 Å². The second kappa shape index (κ2) is 7.77. The van der Waals surface area contributed by atoms with Crippen LogP contribution >= 0.6 is 0 Å². The lowest BCUT2D eigenvalue weighted by atomic mass is 10.1. The minimum absolute atomic E-state index is 0.0534. The molecule has 26 heavy (non-hydrogen) atoms. The predicted octanol–water partition coefficient (Wildman–Crippen LogP) is 1.20. The Balaban J connectivity index is 1.70. The lowest BCUT2D eigenvalue weighted by Gasteiger charge is -2.32. The predicted molar refractivity (Wildman–Crippen MR) is 94.9 cm³/mol. The van der Waals surface area contributed by atoms with E-state index in [-0.39, 0.29) is 29.6 Å². The van der Waals surface area contributed by atoms with Gasteiger partial charge in [-0.25, -0.2) is 0 Å². The maximum absolute atomic E-state index is 11.5. The fourth-order valence-corrected chi connectivity index (χ4v) is 2.79. The fraction of sp³-hybridized carbons (Fsp3) is 0.353. The van der Waals surface area contributed by atoms with Crippen LogP contribution in [0.25, 0.3) is 10.9 Å². The number of carbonyl (C=O) groups is 1. The first-order valence-electron chi connectivity index (χ1n) is 8.27. The van der Waals surface area contributed by atoms with Crippen LogP contribution in [0.5, 0.6) is 11.9 Å². The molecule has 0 radical (unpaired) electrons. The van der Waals surface area contributed by atoms with Gasteiger partial charge in [-0.2, -0.15) is 9.97 Å². The smallest absolute Gasteiger partial charge is 0.326 e. The molecule has 1 fully saturated rings. The molecule has 3 rings (SSSR count). The van der Waals surface area contributed by atoms with Gasteiger partial charge in [0, 0.05) is 38.5 Å². The minimum Gasteiger partial charge on any atom is -0.493 e. The van der Waals surface area contributed by atoms with E-state index in [0.29, 0.717) is 17.4 Å². The summed E-state index contributed by atoms with van der Waals surface area (Å²) in [6.07, 6.45) is 7.44. The van der Waals surface area contributed by atoms with Gasteiger partial charge >= 0.3 is 6.01 Å². The normalized spacial score (nSPS) is 17.8. The van der Waals surface area contributed by atoms with Crippen molar-refractivity contribution in [3.8, 4) is 11.9 Å². The van der Waals surface area contributed by atoms with Crippen LogP contribution in [0.15, 0.2) is 30.4 Å². The standard InChI is InChI=1S/C17H20N6O3/c1-11(24)23-6-2-3-12(10-23)20-8-13(7-18)26-17-21-15-9-19-5-4-14(15)16(25)22-17/h4-5,7-9,12,18,20H,2-3,6,10H2,1H3,(H,21,22,25)/b13-8+,18-7?. The van der Waals surface area contributed by atoms with Gasteiger partial charge in [-0.3, -0.25) is 9.78 Å². The van der Waals surface area contributed by atoms with Crippen LogP contribution in [0.4, 0.5) is 0 Å². The topological polar surface area (TPSA) is 124 Å². The number of aromatic nitrogens is 3. The summed E-state index contributed by atoms with van der Waals surface area (Å²) in [5.74, 6) is 0.0271. The Morgan fingerprint density at radius 3 is 3.12 bits per heavy atom. The summed E-state index contributed by atoms with van der Waals surface area (Å²) >= 11 is 0. The van der Waals surface area contributed by atoms with Crippen molar-refractivity contribution in [3.05, 3.63) is 30.4 Å². The van der Waals surface area contributed by atoms with E-state index in [1.165, 1.54) is 12.4 Å². The minimum atomic E-state index is -0.214. The molecule has 9 heteroatoms. The first-order chi connectivity index (χ1) is 12.6. The van der Waals surface area contributed by atoms with Gasteiger partial charge in [-0.1, -0.05) is 0 Å². The number of amides is 1. The average molecular weight is 356 g/mol. The summed E-state index contributed by atoms with van der Waals surface area (Å²) in [5.41, 5.74) is 0.441. The molecule has 1 aliphatic rings. The summed E-state index contributed by atoms with van der Waals surface area (Å²) in [5, 5.41) is 21.1. The van der Waals surface area contributed by atoms with Gasteiger partial charge in [0.15, 0.2) is 5.76 Å². The van der Waals surface area contributed by atoms with Crippen LogP contribution in [0.3, 0.4) is 0 Å². The molecular formula is C17H20N6O3. The van der Waals surface area contributed by atoms with Gasteiger partial charge in [-0.15, -0.1) is 0 Å². The SMILES string of the molecule is CC(=O)N1CCCC(N/C=C(\C=N)Oc2nc(O)c3ccncc3n2)C1. The van der Waals surface area contributed by atoms with Crippen molar-refractivity contribution < 1.29 is 14.6 Å². The van der Waals surface area contributed by atoms with Crippen molar-refractivity contribution in [1.82, 2.24) is 25.2 Å². The van der Waals surface area contributed by atoms with Crippen molar-refractivity contribution in [2.75, 3.05) is 13.1 Å². The Labute approximate surface area is 150 Å². The first kappa shape index (κ1) is 17.6. The second-order valence-corrected chi connectivity index (χ2v) is 5.99. The van der Waals surface area contributed by atoms with Crippen LogP contribution < -0.4 is 10.1 Å². The van der Waals surface area contributed by atoms with E-state index >= 15 is 0 Å². The van der Waals surface area contributed by atoms with Gasteiger partial charge in [-0.05, 0) is 18.9 Å². The highest BCUT2D eigenvalue weighted by Crippen LogP contribution is 2.23. The number of nitrogens with zero attached hydrogens (tertiary/aromatic N) is 4. The Hall–Kier alpha value is -3.23. The van der Waals surface area contributed by atoms with Crippen LogP contribution in [0.2, 0.25) is 0 Å². The number of pyridine rings is 1. The Bertz CT molecular complexity index is 854. The van der Waals surface area contributed by atoms with Crippen LogP contribution in [0, 0.1) is 5.41 Å². The van der Waals surface area contributed by atoms with E-state index < -0.39 is 0 Å². The zero-order chi connectivity index (χ0) is 18.5. The molecule has 1 unspecified atom stereocenters. The number of rotatable bonds is 5. The molecule has 0 spiro atoms. The van der Waals surface area contributed by atoms with E-state index in [1.807, 2.05) is 0 Å². The van der Waals surface area contributed by atoms with Crippen molar-refractivity contribution >= 4 is 23.0 Å². The molecule has 0 aromatic carbocycles. The Morgan fingerprint density at radius 2 is 2.35 bits per heavy atom. The Kier molecular flexibility index (Phi) is 5.26. The third kappa shape index (κ3) is 4.05. The fourth-order valence-electron chi connectivity index (χ4n) is 2.79. The van der Waals surface area contributed by atoms with Crippen molar-refractivity contribution in [3.63, 3.8) is 0 Å². The molecule has 136 valence electrons. The highest BCUT2D eigenvalue weighted by Gasteiger charge is 2.20. The van der Waals surface area contributed by atoms with Gasteiger partial charge in [0.25, 0.3) is 0 Å². The first-order valence-corrected chi connectivity index (χ1v) is 8.27. The molecule has 1 saturated heterocycles. The van der Waals surface area contributed by atoms with E-state index in [0.717, 1.165) is 25.6 Å². The van der Waals surface area contributed by atoms with Crippen molar-refractivity contribution in [2.24, 2.45) is 0 Å². The van der Waals surface area contributed by atoms with E-state index in [4.69, 9.17) is 10.1 Å². The van der Waals surface area contributed by atoms with Crippen LogP contribution in [0.1, 0.15) is 19.8 Å². The molecule has 2 aromatic rings. The lowest BCUT2D eigenvalue weighted by Crippen LogP contribution is -2.46. The highest BCUT2D eigenvalue weighted by atomic mass is 16.5. The van der Waals surface area contributed by atoms with E-state index in [2.05, 4.69) is 20.3 Å². The molecular weight excluding hydrogens is 336 g/mol. The number of aromatic hydroxyl groups is 1. The third-order valence-corrected chi connectivity index (χ3v) is 4.14. The molecule has 2 aromatic heterocycles. The zero-order valence-electron chi connectivity index (χ0n) is 14.3. The maximum Gasteiger partial charge on any atom is 0.326 e.